The molecule has 1 atom stereocenters. The summed E-state index contributed by atoms with van der Waals surface area (Å²) in [6, 6.07) is 16.7. The minimum absolute atomic E-state index is 0.0848. The van der Waals surface area contributed by atoms with Crippen molar-refractivity contribution in [3.63, 3.8) is 0 Å². The molecule has 0 spiro atoms. The molecular formula is C30H37N3O7S. The molecule has 0 radical (unpaired) electrons. The summed E-state index contributed by atoms with van der Waals surface area (Å²) in [5, 5.41) is 2.94. The van der Waals surface area contributed by atoms with Gasteiger partial charge in [0.15, 0.2) is 11.5 Å². The Morgan fingerprint density at radius 3 is 2.10 bits per heavy atom. The van der Waals surface area contributed by atoms with Gasteiger partial charge in [-0.25, -0.2) is 8.42 Å². The van der Waals surface area contributed by atoms with Gasteiger partial charge < -0.3 is 29.2 Å². The van der Waals surface area contributed by atoms with Crippen molar-refractivity contribution >= 4 is 27.3 Å². The van der Waals surface area contributed by atoms with Crippen LogP contribution in [0.15, 0.2) is 65.6 Å². The second kappa shape index (κ2) is 13.0. The van der Waals surface area contributed by atoms with Gasteiger partial charge in [-0.15, -0.1) is 0 Å². The van der Waals surface area contributed by atoms with Crippen LogP contribution in [0.2, 0.25) is 0 Å². The number of sulfonamides is 1. The van der Waals surface area contributed by atoms with E-state index in [1.165, 1.54) is 65.5 Å². The van der Waals surface area contributed by atoms with Gasteiger partial charge in [0, 0.05) is 30.9 Å². The van der Waals surface area contributed by atoms with E-state index in [9.17, 15) is 13.2 Å². The van der Waals surface area contributed by atoms with Gasteiger partial charge in [0.25, 0.3) is 10.0 Å². The topological polar surface area (TPSA) is 107 Å². The zero-order valence-corrected chi connectivity index (χ0v) is 24.9. The monoisotopic (exact) mass is 583 g/mol. The van der Waals surface area contributed by atoms with E-state index in [2.05, 4.69) is 22.3 Å². The lowest BCUT2D eigenvalue weighted by atomic mass is 10.1. The summed E-state index contributed by atoms with van der Waals surface area (Å²) >= 11 is 0. The van der Waals surface area contributed by atoms with Gasteiger partial charge >= 0.3 is 0 Å². The molecule has 11 heteroatoms. The van der Waals surface area contributed by atoms with Crippen molar-refractivity contribution in [1.82, 2.24) is 5.32 Å². The van der Waals surface area contributed by atoms with E-state index in [1.54, 1.807) is 12.1 Å². The quantitative estimate of drug-likeness (QED) is 0.335. The average Bonchev–Trinajstić information content (AvgIpc) is 3.54. The molecule has 0 aliphatic carbocycles. The molecule has 1 aliphatic rings. The van der Waals surface area contributed by atoms with Gasteiger partial charge in [-0.05, 0) is 61.7 Å². The Bertz CT molecular complexity index is 1460. The highest BCUT2D eigenvalue weighted by molar-refractivity contribution is 7.92. The van der Waals surface area contributed by atoms with Crippen LogP contribution in [-0.2, 0) is 14.8 Å². The first-order valence-electron chi connectivity index (χ1n) is 13.3. The van der Waals surface area contributed by atoms with E-state index < -0.39 is 22.5 Å². The first-order chi connectivity index (χ1) is 19.7. The molecule has 220 valence electrons. The van der Waals surface area contributed by atoms with E-state index in [-0.39, 0.29) is 28.1 Å². The standard InChI is InChI=1S/C30H37N3O7S/c1-21(22-8-10-23(11-9-22)32-16-6-7-17-32)31-30(34)20-33(26-18-24(37-2)12-14-27(26)38-3)41(35,36)25-13-15-28(39-4)29(19-25)40-5/h8-15,18-19,21H,6-7,16-17,20H2,1-5H3,(H,31,34). The number of carbonyl (C=O) groups is 1. The summed E-state index contributed by atoms with van der Waals surface area (Å²) < 4.78 is 50.6. The van der Waals surface area contributed by atoms with Crippen molar-refractivity contribution in [1.29, 1.82) is 0 Å². The zero-order chi connectivity index (χ0) is 29.6. The maximum atomic E-state index is 14.1. The Labute approximate surface area is 241 Å². The Hall–Kier alpha value is -4.12. The molecule has 3 aromatic carbocycles. The number of rotatable bonds is 12. The lowest BCUT2D eigenvalue weighted by Gasteiger charge is -2.27. The molecule has 3 aromatic rings. The van der Waals surface area contributed by atoms with Gasteiger partial charge in [-0.1, -0.05) is 12.1 Å². The Morgan fingerprint density at radius 1 is 0.854 bits per heavy atom. The van der Waals surface area contributed by atoms with Crippen LogP contribution in [-0.4, -0.2) is 62.4 Å². The SMILES string of the molecule is COc1ccc(OC)c(N(CC(=O)NC(C)c2ccc(N3CCCC3)cc2)S(=O)(=O)c2ccc(OC)c(OC)c2)c1. The van der Waals surface area contributed by atoms with Gasteiger partial charge in [-0.2, -0.15) is 0 Å². The third-order valence-electron chi connectivity index (χ3n) is 7.13. The summed E-state index contributed by atoms with van der Waals surface area (Å²) in [4.78, 5) is 15.7. The Morgan fingerprint density at radius 2 is 1.49 bits per heavy atom. The molecule has 1 N–H and O–H groups in total. The van der Waals surface area contributed by atoms with Crippen molar-refractivity contribution < 1.29 is 32.2 Å². The first kappa shape index (κ1) is 29.9. The van der Waals surface area contributed by atoms with Gasteiger partial charge in [0.05, 0.1) is 45.1 Å². The Kier molecular flexibility index (Phi) is 9.49. The number of hydrogen-bond donors (Lipinski definition) is 1. The van der Waals surface area contributed by atoms with E-state index in [0.717, 1.165) is 28.6 Å². The highest BCUT2D eigenvalue weighted by Crippen LogP contribution is 2.37. The number of hydrogen-bond acceptors (Lipinski definition) is 8. The molecule has 0 bridgehead atoms. The van der Waals surface area contributed by atoms with Gasteiger partial charge in [-0.3, -0.25) is 9.10 Å². The number of ether oxygens (including phenoxy) is 4. The zero-order valence-electron chi connectivity index (χ0n) is 24.0. The van der Waals surface area contributed by atoms with Crippen LogP contribution in [0, 0.1) is 0 Å². The molecule has 1 unspecified atom stereocenters. The van der Waals surface area contributed by atoms with Crippen molar-refractivity contribution in [2.24, 2.45) is 0 Å². The summed E-state index contributed by atoms with van der Waals surface area (Å²) in [5.41, 5.74) is 2.22. The van der Waals surface area contributed by atoms with Crippen LogP contribution < -0.4 is 33.5 Å². The molecule has 10 nitrogen and oxygen atoms in total. The number of methoxy groups -OCH3 is 4. The first-order valence-corrected chi connectivity index (χ1v) is 14.8. The maximum Gasteiger partial charge on any atom is 0.265 e. The molecule has 1 heterocycles. The van der Waals surface area contributed by atoms with E-state index in [0.29, 0.717) is 11.5 Å². The number of benzene rings is 3. The van der Waals surface area contributed by atoms with Crippen LogP contribution in [0.3, 0.4) is 0 Å². The van der Waals surface area contributed by atoms with Crippen molar-refractivity contribution in [2.75, 3.05) is 57.3 Å². The van der Waals surface area contributed by atoms with Crippen molar-refractivity contribution in [2.45, 2.75) is 30.7 Å². The second-order valence-corrected chi connectivity index (χ2v) is 11.5. The van der Waals surface area contributed by atoms with Gasteiger partial charge in [0.2, 0.25) is 5.91 Å². The largest absolute Gasteiger partial charge is 0.497 e. The molecule has 1 saturated heterocycles. The fraction of sp³-hybridized carbons (Fsp3) is 0.367. The fourth-order valence-electron chi connectivity index (χ4n) is 4.85. The molecule has 0 saturated carbocycles. The van der Waals surface area contributed by atoms with Crippen LogP contribution >= 0.6 is 0 Å². The lowest BCUT2D eigenvalue weighted by Crippen LogP contribution is -2.41. The average molecular weight is 584 g/mol. The number of nitrogens with one attached hydrogen (secondary N) is 1. The van der Waals surface area contributed by atoms with Crippen molar-refractivity contribution in [3.8, 4) is 23.0 Å². The lowest BCUT2D eigenvalue weighted by molar-refractivity contribution is -0.120. The predicted molar refractivity (Wildman–Crippen MR) is 158 cm³/mol. The molecule has 1 fully saturated rings. The van der Waals surface area contributed by atoms with Crippen LogP contribution in [0.25, 0.3) is 0 Å². The fourth-order valence-corrected chi connectivity index (χ4v) is 6.28. The molecule has 41 heavy (non-hydrogen) atoms. The maximum absolute atomic E-state index is 14.1. The predicted octanol–water partition coefficient (Wildman–Crippen LogP) is 4.39. The highest BCUT2D eigenvalue weighted by Gasteiger charge is 2.31. The molecule has 0 aromatic heterocycles. The van der Waals surface area contributed by atoms with E-state index in [1.807, 2.05) is 19.1 Å². The second-order valence-electron chi connectivity index (χ2n) is 9.64. The number of nitrogens with zero attached hydrogens (tertiary/aromatic N) is 2. The summed E-state index contributed by atoms with van der Waals surface area (Å²) in [5.74, 6) is 0.782. The molecule has 4 rings (SSSR count). The summed E-state index contributed by atoms with van der Waals surface area (Å²) in [6.45, 7) is 3.45. The van der Waals surface area contributed by atoms with Crippen molar-refractivity contribution in [3.05, 3.63) is 66.2 Å². The summed E-state index contributed by atoms with van der Waals surface area (Å²) in [6.07, 6.45) is 2.38. The van der Waals surface area contributed by atoms with Crippen LogP contribution in [0.1, 0.15) is 31.4 Å². The van der Waals surface area contributed by atoms with Crippen LogP contribution in [0.5, 0.6) is 23.0 Å². The van der Waals surface area contributed by atoms with E-state index in [4.69, 9.17) is 18.9 Å². The minimum atomic E-state index is -4.28. The summed E-state index contributed by atoms with van der Waals surface area (Å²) in [7, 11) is 1.50. The van der Waals surface area contributed by atoms with Crippen LogP contribution in [0.4, 0.5) is 11.4 Å². The minimum Gasteiger partial charge on any atom is -0.497 e. The van der Waals surface area contributed by atoms with E-state index >= 15 is 0 Å². The van der Waals surface area contributed by atoms with Gasteiger partial charge in [0.1, 0.15) is 18.0 Å². The normalized spacial score (nSPS) is 13.8. The molecule has 1 amide bonds. The smallest absolute Gasteiger partial charge is 0.265 e. The molecule has 1 aliphatic heterocycles. The highest BCUT2D eigenvalue weighted by atomic mass is 32.2. The number of carbonyl (C=O) groups excluding carboxylic acids is 1. The third kappa shape index (κ3) is 6.62. The Balaban J connectivity index is 1.64. The third-order valence-corrected chi connectivity index (χ3v) is 8.88. The number of anilines is 2. The number of amides is 1. The molecular weight excluding hydrogens is 546 g/mol.